The van der Waals surface area contributed by atoms with Crippen molar-refractivity contribution in [2.45, 2.75) is 6.92 Å². The van der Waals surface area contributed by atoms with Crippen LogP contribution < -0.4 is 4.90 Å². The lowest BCUT2D eigenvalue weighted by molar-refractivity contribution is 1.25. The quantitative estimate of drug-likeness (QED) is 0.300. The number of aromatic nitrogens is 1. The molecule has 1 heterocycles. The number of rotatable bonds is 4. The molecule has 5 aromatic carbocycles. The molecule has 158 valence electrons. The minimum absolute atomic E-state index is 1.15. The standard InChI is InChI=1S/C31H24N2/c1-22-9-5-8-14-31(22)33(25-10-3-2-4-11-25)26-18-15-23(16-19-26)24-17-20-30-28(21-24)27-12-6-7-13-29(27)32-30/h2-21,32H,1H3. The lowest BCUT2D eigenvalue weighted by Gasteiger charge is -2.27. The van der Waals surface area contributed by atoms with Crippen LogP contribution in [0, 0.1) is 6.92 Å². The van der Waals surface area contributed by atoms with Gasteiger partial charge in [-0.25, -0.2) is 0 Å². The fourth-order valence-corrected chi connectivity index (χ4v) is 4.65. The lowest BCUT2D eigenvalue weighted by Crippen LogP contribution is -2.11. The van der Waals surface area contributed by atoms with Gasteiger partial charge in [-0.2, -0.15) is 0 Å². The van der Waals surface area contributed by atoms with Crippen molar-refractivity contribution in [1.29, 1.82) is 0 Å². The number of para-hydroxylation sites is 3. The van der Waals surface area contributed by atoms with E-state index in [1.165, 1.54) is 44.2 Å². The second-order valence-electron chi connectivity index (χ2n) is 8.44. The summed E-state index contributed by atoms with van der Waals surface area (Å²) in [5.74, 6) is 0. The first-order valence-corrected chi connectivity index (χ1v) is 11.3. The largest absolute Gasteiger partial charge is 0.355 e. The minimum Gasteiger partial charge on any atom is -0.355 e. The van der Waals surface area contributed by atoms with Crippen LogP contribution in [0.4, 0.5) is 17.1 Å². The molecule has 6 aromatic rings. The summed E-state index contributed by atoms with van der Waals surface area (Å²) in [5, 5.41) is 2.53. The maximum Gasteiger partial charge on any atom is 0.0490 e. The van der Waals surface area contributed by atoms with Gasteiger partial charge in [-0.05, 0) is 72.1 Å². The zero-order valence-electron chi connectivity index (χ0n) is 18.5. The van der Waals surface area contributed by atoms with Crippen molar-refractivity contribution >= 4 is 38.9 Å². The molecule has 0 unspecified atom stereocenters. The average molecular weight is 425 g/mol. The molecule has 0 saturated carbocycles. The Labute approximate surface area is 193 Å². The normalized spacial score (nSPS) is 11.2. The second kappa shape index (κ2) is 7.99. The minimum atomic E-state index is 1.15. The third kappa shape index (κ3) is 3.46. The molecule has 0 amide bonds. The van der Waals surface area contributed by atoms with Crippen molar-refractivity contribution in [3.8, 4) is 11.1 Å². The summed E-state index contributed by atoms with van der Waals surface area (Å²) in [4.78, 5) is 5.84. The van der Waals surface area contributed by atoms with Crippen LogP contribution in [0.1, 0.15) is 5.56 Å². The molecular formula is C31H24N2. The Morgan fingerprint density at radius 3 is 1.97 bits per heavy atom. The van der Waals surface area contributed by atoms with E-state index in [1.807, 2.05) is 0 Å². The van der Waals surface area contributed by atoms with Crippen molar-refractivity contribution < 1.29 is 0 Å². The predicted molar refractivity (Wildman–Crippen MR) is 141 cm³/mol. The van der Waals surface area contributed by atoms with Gasteiger partial charge in [0.05, 0.1) is 0 Å². The molecule has 0 bridgehead atoms. The molecule has 0 fully saturated rings. The van der Waals surface area contributed by atoms with E-state index in [1.54, 1.807) is 0 Å². The van der Waals surface area contributed by atoms with Crippen molar-refractivity contribution in [3.05, 3.63) is 127 Å². The van der Waals surface area contributed by atoms with Crippen molar-refractivity contribution in [2.75, 3.05) is 4.90 Å². The van der Waals surface area contributed by atoms with E-state index in [2.05, 4.69) is 138 Å². The summed E-state index contributed by atoms with van der Waals surface area (Å²) in [6.45, 7) is 2.16. The Morgan fingerprint density at radius 1 is 0.515 bits per heavy atom. The molecule has 0 atom stereocenters. The number of fused-ring (bicyclic) bond motifs is 3. The number of benzene rings is 5. The van der Waals surface area contributed by atoms with Crippen LogP contribution in [-0.2, 0) is 0 Å². The van der Waals surface area contributed by atoms with E-state index >= 15 is 0 Å². The Bertz CT molecular complexity index is 1560. The van der Waals surface area contributed by atoms with Gasteiger partial charge in [0, 0.05) is 38.9 Å². The third-order valence-electron chi connectivity index (χ3n) is 6.34. The van der Waals surface area contributed by atoms with Gasteiger partial charge < -0.3 is 9.88 Å². The van der Waals surface area contributed by atoms with E-state index in [0.717, 1.165) is 11.4 Å². The van der Waals surface area contributed by atoms with Crippen molar-refractivity contribution in [3.63, 3.8) is 0 Å². The molecular weight excluding hydrogens is 400 g/mol. The molecule has 0 radical (unpaired) electrons. The molecule has 0 saturated heterocycles. The molecule has 2 heteroatoms. The van der Waals surface area contributed by atoms with Crippen LogP contribution in [0.3, 0.4) is 0 Å². The highest BCUT2D eigenvalue weighted by Crippen LogP contribution is 2.37. The van der Waals surface area contributed by atoms with Gasteiger partial charge in [0.15, 0.2) is 0 Å². The van der Waals surface area contributed by atoms with Gasteiger partial charge in [0.1, 0.15) is 0 Å². The van der Waals surface area contributed by atoms with Crippen LogP contribution in [-0.4, -0.2) is 4.98 Å². The van der Waals surface area contributed by atoms with E-state index in [0.29, 0.717) is 0 Å². The number of nitrogens with one attached hydrogen (secondary N) is 1. The first-order valence-electron chi connectivity index (χ1n) is 11.3. The third-order valence-corrected chi connectivity index (χ3v) is 6.34. The molecule has 0 spiro atoms. The van der Waals surface area contributed by atoms with Gasteiger partial charge in [-0.1, -0.05) is 72.8 Å². The highest BCUT2D eigenvalue weighted by molar-refractivity contribution is 6.08. The van der Waals surface area contributed by atoms with Gasteiger partial charge in [-0.15, -0.1) is 0 Å². The number of aryl methyl sites for hydroxylation is 1. The second-order valence-corrected chi connectivity index (χ2v) is 8.44. The summed E-state index contributed by atoms with van der Waals surface area (Å²) in [7, 11) is 0. The Hall–Kier alpha value is -4.30. The summed E-state index contributed by atoms with van der Waals surface area (Å²) in [6, 6.07) is 43.1. The topological polar surface area (TPSA) is 19.0 Å². The fourth-order valence-electron chi connectivity index (χ4n) is 4.65. The monoisotopic (exact) mass is 424 g/mol. The lowest BCUT2D eigenvalue weighted by atomic mass is 10.0. The average Bonchev–Trinajstić information content (AvgIpc) is 3.24. The SMILES string of the molecule is Cc1ccccc1N(c1ccccc1)c1ccc(-c2ccc3[nH]c4ccccc4c3c2)cc1. The number of hydrogen-bond donors (Lipinski definition) is 1. The van der Waals surface area contributed by atoms with Crippen molar-refractivity contribution in [2.24, 2.45) is 0 Å². The Balaban J connectivity index is 1.43. The zero-order chi connectivity index (χ0) is 22.2. The number of aromatic amines is 1. The summed E-state index contributed by atoms with van der Waals surface area (Å²) >= 11 is 0. The first kappa shape index (κ1) is 19.4. The number of nitrogens with zero attached hydrogens (tertiary/aromatic N) is 1. The number of H-pyrrole nitrogens is 1. The number of hydrogen-bond acceptors (Lipinski definition) is 1. The summed E-state index contributed by atoms with van der Waals surface area (Å²) in [6.07, 6.45) is 0. The molecule has 1 N–H and O–H groups in total. The van der Waals surface area contributed by atoms with Gasteiger partial charge >= 0.3 is 0 Å². The molecule has 0 aliphatic rings. The molecule has 2 nitrogen and oxygen atoms in total. The highest BCUT2D eigenvalue weighted by Gasteiger charge is 2.14. The highest BCUT2D eigenvalue weighted by atomic mass is 15.1. The maximum atomic E-state index is 3.52. The van der Waals surface area contributed by atoms with Crippen LogP contribution in [0.5, 0.6) is 0 Å². The van der Waals surface area contributed by atoms with Gasteiger partial charge in [-0.3, -0.25) is 0 Å². The first-order chi connectivity index (χ1) is 16.3. The predicted octanol–water partition coefficient (Wildman–Crippen LogP) is 8.77. The van der Waals surface area contributed by atoms with Gasteiger partial charge in [0.2, 0.25) is 0 Å². The van der Waals surface area contributed by atoms with Crippen molar-refractivity contribution in [1.82, 2.24) is 4.98 Å². The molecule has 1 aromatic heterocycles. The van der Waals surface area contributed by atoms with Gasteiger partial charge in [0.25, 0.3) is 0 Å². The Morgan fingerprint density at radius 2 is 1.15 bits per heavy atom. The van der Waals surface area contributed by atoms with Crippen LogP contribution >= 0.6 is 0 Å². The fraction of sp³-hybridized carbons (Fsp3) is 0.0323. The zero-order valence-corrected chi connectivity index (χ0v) is 18.5. The smallest absolute Gasteiger partial charge is 0.0490 e. The number of anilines is 3. The van der Waals surface area contributed by atoms with Crippen LogP contribution in [0.25, 0.3) is 32.9 Å². The summed E-state index contributed by atoms with van der Waals surface area (Å²) < 4.78 is 0. The molecule has 0 aliphatic carbocycles. The summed E-state index contributed by atoms with van der Waals surface area (Å²) in [5.41, 5.74) is 9.52. The van der Waals surface area contributed by atoms with Crippen LogP contribution in [0.2, 0.25) is 0 Å². The molecule has 33 heavy (non-hydrogen) atoms. The van der Waals surface area contributed by atoms with E-state index in [4.69, 9.17) is 0 Å². The molecule has 0 aliphatic heterocycles. The molecule has 6 rings (SSSR count). The van der Waals surface area contributed by atoms with E-state index < -0.39 is 0 Å². The maximum absolute atomic E-state index is 3.52. The van der Waals surface area contributed by atoms with E-state index in [9.17, 15) is 0 Å². The Kier molecular flexibility index (Phi) is 4.70. The van der Waals surface area contributed by atoms with Crippen LogP contribution in [0.15, 0.2) is 121 Å². The van der Waals surface area contributed by atoms with E-state index in [-0.39, 0.29) is 0 Å².